The summed E-state index contributed by atoms with van der Waals surface area (Å²) in [6.45, 7) is 4.60. The van der Waals surface area contributed by atoms with Crippen molar-refractivity contribution in [2.24, 2.45) is 0 Å². The van der Waals surface area contributed by atoms with Crippen LogP contribution in [-0.2, 0) is 21.1 Å². The third kappa shape index (κ3) is 8.16. The van der Waals surface area contributed by atoms with Gasteiger partial charge < -0.3 is 38.9 Å². The van der Waals surface area contributed by atoms with Crippen LogP contribution in [0.15, 0.2) is 279 Å². The minimum absolute atomic E-state index is 0. The molecule has 0 bridgehead atoms. The van der Waals surface area contributed by atoms with E-state index in [-0.39, 0.29) is 32.6 Å². The number of nitrogens with zero attached hydrogens (tertiary/aromatic N) is 6. The summed E-state index contributed by atoms with van der Waals surface area (Å²) in [5, 5.41) is 28.8. The molecule has 2 N–H and O–H groups in total. The van der Waals surface area contributed by atoms with Crippen LogP contribution in [0, 0.1) is 13.3 Å². The fourth-order valence-electron chi connectivity index (χ4n) is 13.0. The van der Waals surface area contributed by atoms with Crippen LogP contribution >= 0.6 is 0 Å². The summed E-state index contributed by atoms with van der Waals surface area (Å²) in [6, 6.07) is 97.4. The Morgan fingerprint density at radius 1 is 0.274 bits per heavy atom. The monoisotopic (exact) mass is 1260 g/mol. The molecule has 84 heavy (non-hydrogen) atoms. The van der Waals surface area contributed by atoms with E-state index in [0.717, 1.165) is 122 Å². The minimum atomic E-state index is 0. The molecule has 0 saturated carbocycles. The number of aromatic hydroxyl groups is 2. The molecule has 8 nitrogen and oxygen atoms in total. The Balaban J connectivity index is 0.00000600. The van der Waals surface area contributed by atoms with Gasteiger partial charge in [0.2, 0.25) is 0 Å². The molecule has 2 aliphatic heterocycles. The molecule has 0 radical (unpaired) electrons. The number of rotatable bonds is 10. The van der Waals surface area contributed by atoms with E-state index in [9.17, 15) is 10.2 Å². The average Bonchev–Trinajstić information content (AvgIpc) is 2.12. The Labute approximate surface area is 501 Å². The van der Waals surface area contributed by atoms with Crippen LogP contribution < -0.4 is 19.6 Å². The van der Waals surface area contributed by atoms with Crippen molar-refractivity contribution in [1.29, 1.82) is 0 Å². The van der Waals surface area contributed by atoms with Crippen molar-refractivity contribution in [3.63, 3.8) is 0 Å². The van der Waals surface area contributed by atoms with Gasteiger partial charge in [0.05, 0.1) is 33.4 Å². The zero-order valence-electron chi connectivity index (χ0n) is 45.3. The normalized spacial score (nSPS) is 12.9. The summed E-state index contributed by atoms with van der Waals surface area (Å²) in [5.74, 6) is 0.312. The molecule has 0 unspecified atom stereocenters. The second-order valence-electron chi connectivity index (χ2n) is 21.3. The Hall–Kier alpha value is -10.3. The summed E-state index contributed by atoms with van der Waals surface area (Å²) in [6.07, 6.45) is 0. The molecule has 0 amide bonds. The Morgan fingerprint density at radius 2 is 0.560 bits per heavy atom. The van der Waals surface area contributed by atoms with Gasteiger partial charge in [0.1, 0.15) is 11.5 Å². The van der Waals surface area contributed by atoms with E-state index < -0.39 is 0 Å². The smallest absolute Gasteiger partial charge is 0.506 e. The number of phenolic OH excluding ortho intramolecular Hbond substituents is 2. The van der Waals surface area contributed by atoms with E-state index in [0.29, 0.717) is 18.0 Å². The summed E-state index contributed by atoms with van der Waals surface area (Å²) < 4.78 is 4.78. The van der Waals surface area contributed by atoms with Crippen LogP contribution in [0.4, 0.5) is 34.1 Å². The van der Waals surface area contributed by atoms with Crippen molar-refractivity contribution in [2.45, 2.75) is 0 Å². The molecule has 2 aliphatic rings. The van der Waals surface area contributed by atoms with Gasteiger partial charge in [-0.2, -0.15) is 0 Å². The van der Waals surface area contributed by atoms with E-state index in [1.165, 1.54) is 0 Å². The fraction of sp³-hybridized carbons (Fsp3) is 0.0133. The molecule has 9 heteroatoms. The van der Waals surface area contributed by atoms with Crippen molar-refractivity contribution < 1.29 is 31.3 Å². The molecule has 14 aromatic rings. The van der Waals surface area contributed by atoms with E-state index in [2.05, 4.69) is 285 Å². The van der Waals surface area contributed by atoms with Gasteiger partial charge in [0.25, 0.3) is 0 Å². The second-order valence-corrected chi connectivity index (χ2v) is 21.3. The van der Waals surface area contributed by atoms with E-state index >= 15 is 0 Å². The standard InChI is InChI=1S/C75H52N6O2.Pt/c82-70-43-41-54(80-72-56(50-21-5-1-6-22-50)29-17-33-60(72)61-34-18-30-57(73(61)80)51-23-7-2-8-24-51)45-68(70)78-48-76(64-37-13-15-39-66(64)78)47-77-49-79(67-40-16-14-38-65(67)77)69-46-55(42-44-71(69)83)81-74-58(52-25-9-3-10-26-52)31-19-35-62(74)63-36-20-32-59(75(63)81)53-27-11-4-12-28-53;/h1-46,48-49,82-83H,47H2;/q-2;+2. The molecule has 0 saturated heterocycles. The van der Waals surface area contributed by atoms with Crippen LogP contribution in [-0.4, -0.2) is 26.0 Å². The number of phenols is 2. The zero-order chi connectivity index (χ0) is 55.1. The van der Waals surface area contributed by atoms with Crippen molar-refractivity contribution >= 4 is 77.7 Å². The molecule has 0 fully saturated rings. The molecule has 404 valence electrons. The maximum Gasteiger partial charge on any atom is 2.00 e. The maximum atomic E-state index is 12.1. The predicted molar refractivity (Wildman–Crippen MR) is 342 cm³/mol. The number of hydrogen-bond donors (Lipinski definition) is 2. The van der Waals surface area contributed by atoms with E-state index in [1.807, 2.05) is 36.4 Å². The Morgan fingerprint density at radius 3 is 0.869 bits per heavy atom. The number of benzene rings is 12. The number of hydrogen-bond acceptors (Lipinski definition) is 6. The fourth-order valence-corrected chi connectivity index (χ4v) is 13.0. The number of anilines is 6. The van der Waals surface area contributed by atoms with E-state index in [1.54, 1.807) is 0 Å². The summed E-state index contributed by atoms with van der Waals surface area (Å²) in [5.41, 5.74) is 20.3. The average molecular weight is 1260 g/mol. The van der Waals surface area contributed by atoms with E-state index in [4.69, 9.17) is 0 Å². The van der Waals surface area contributed by atoms with Gasteiger partial charge in [-0.05, 0) is 82.9 Å². The van der Waals surface area contributed by atoms with Crippen molar-refractivity contribution in [1.82, 2.24) is 9.13 Å². The third-order valence-electron chi connectivity index (χ3n) is 16.6. The van der Waals surface area contributed by atoms with Gasteiger partial charge in [-0.15, -0.1) is 13.3 Å². The number of fused-ring (bicyclic) bond motifs is 8. The van der Waals surface area contributed by atoms with Crippen LogP contribution in [0.5, 0.6) is 11.5 Å². The summed E-state index contributed by atoms with van der Waals surface area (Å²) in [4.78, 5) is 8.66. The molecule has 0 atom stereocenters. The molecule has 0 aliphatic carbocycles. The second kappa shape index (κ2) is 20.6. The van der Waals surface area contributed by atoms with Gasteiger partial charge in [0, 0.05) is 84.6 Å². The van der Waals surface area contributed by atoms with Crippen molar-refractivity contribution in [2.75, 3.05) is 26.3 Å². The zero-order valence-corrected chi connectivity index (χ0v) is 47.6. The van der Waals surface area contributed by atoms with Crippen LogP contribution in [0.1, 0.15) is 0 Å². The summed E-state index contributed by atoms with van der Waals surface area (Å²) in [7, 11) is 0. The van der Waals surface area contributed by atoms with Crippen molar-refractivity contribution in [3.05, 3.63) is 292 Å². The topological polar surface area (TPSA) is 63.3 Å². The maximum absolute atomic E-state index is 12.1. The molecule has 16 rings (SSSR count). The third-order valence-corrected chi connectivity index (χ3v) is 16.6. The molecular weight excluding hydrogens is 1210 g/mol. The molecule has 0 spiro atoms. The number of aromatic nitrogens is 2. The predicted octanol–water partition coefficient (Wildman–Crippen LogP) is 18.8. The number of para-hydroxylation sites is 8. The van der Waals surface area contributed by atoms with Gasteiger partial charge >= 0.3 is 21.1 Å². The van der Waals surface area contributed by atoms with Gasteiger partial charge in [0.15, 0.2) is 0 Å². The Bertz CT molecular complexity index is 4330. The van der Waals surface area contributed by atoms with Crippen molar-refractivity contribution in [3.8, 4) is 67.4 Å². The van der Waals surface area contributed by atoms with Gasteiger partial charge in [-0.25, -0.2) is 0 Å². The van der Waals surface area contributed by atoms with Gasteiger partial charge in [-0.1, -0.05) is 218 Å². The molecule has 2 aromatic heterocycles. The first kappa shape index (κ1) is 50.7. The first-order valence-corrected chi connectivity index (χ1v) is 28.0. The first-order valence-electron chi connectivity index (χ1n) is 28.0. The molecule has 4 heterocycles. The Kier molecular flexibility index (Phi) is 12.4. The summed E-state index contributed by atoms with van der Waals surface area (Å²) >= 11 is 0. The molecule has 12 aromatic carbocycles. The van der Waals surface area contributed by atoms with Crippen LogP contribution in [0.2, 0.25) is 0 Å². The first-order chi connectivity index (χ1) is 41.0. The quantitative estimate of drug-likeness (QED) is 0.133. The van der Waals surface area contributed by atoms with Crippen LogP contribution in [0.3, 0.4) is 0 Å². The molecular formula is C75H52N6O2Pt. The SMILES string of the molecule is Oc1ccc(-n2c3c(-c4ccccc4)cccc3c3cccc(-c4ccccc4)c32)cc1N1[CH-]N(CN2[CH-]N(c3cc(-n4c5c(-c6ccccc6)cccc5c5cccc(-c6ccccc6)c54)ccc3O)c3ccccc32)c2ccccc21.[Pt+2]. The van der Waals surface area contributed by atoms with Crippen LogP contribution in [0.25, 0.3) is 99.5 Å². The van der Waals surface area contributed by atoms with Gasteiger partial charge in [-0.3, -0.25) is 0 Å². The minimum Gasteiger partial charge on any atom is -0.506 e. The largest absolute Gasteiger partial charge is 2.00 e.